The Labute approximate surface area is 121 Å². The first-order chi connectivity index (χ1) is 9.76. The Morgan fingerprint density at radius 2 is 2.35 bits per heavy atom. The molecule has 1 aromatic heterocycles. The maximum absolute atomic E-state index is 5.31. The highest BCUT2D eigenvalue weighted by Gasteiger charge is 2.05. The number of aliphatic imine (C=N–C) groups is 1. The van der Waals surface area contributed by atoms with Crippen molar-refractivity contribution in [3.8, 4) is 0 Å². The van der Waals surface area contributed by atoms with Crippen molar-refractivity contribution in [1.82, 2.24) is 10.6 Å². The van der Waals surface area contributed by atoms with Gasteiger partial charge in [-0.3, -0.25) is 4.99 Å². The highest BCUT2D eigenvalue weighted by atomic mass is 16.5. The van der Waals surface area contributed by atoms with Crippen LogP contribution < -0.4 is 10.6 Å². The van der Waals surface area contributed by atoms with Gasteiger partial charge in [-0.15, -0.1) is 0 Å². The van der Waals surface area contributed by atoms with E-state index in [4.69, 9.17) is 9.15 Å². The van der Waals surface area contributed by atoms with Gasteiger partial charge < -0.3 is 19.8 Å². The van der Waals surface area contributed by atoms with Gasteiger partial charge in [0.25, 0.3) is 0 Å². The van der Waals surface area contributed by atoms with Crippen LogP contribution in [-0.4, -0.2) is 38.8 Å². The third-order valence-electron chi connectivity index (χ3n) is 2.83. The summed E-state index contributed by atoms with van der Waals surface area (Å²) >= 11 is 0. The largest absolute Gasteiger partial charge is 0.469 e. The second-order valence-electron chi connectivity index (χ2n) is 4.84. The average molecular weight is 281 g/mol. The van der Waals surface area contributed by atoms with Gasteiger partial charge in [0.05, 0.1) is 12.9 Å². The van der Waals surface area contributed by atoms with Crippen LogP contribution in [0, 0.1) is 0 Å². The summed E-state index contributed by atoms with van der Waals surface area (Å²) < 4.78 is 10.4. The summed E-state index contributed by atoms with van der Waals surface area (Å²) in [5.74, 6) is 1.82. The lowest BCUT2D eigenvalue weighted by Gasteiger charge is -2.17. The zero-order valence-electron chi connectivity index (χ0n) is 12.8. The number of unbranched alkanes of at least 4 members (excludes halogenated alkanes) is 1. The molecule has 0 amide bonds. The Morgan fingerprint density at radius 3 is 3.00 bits per heavy atom. The third-order valence-corrected chi connectivity index (χ3v) is 2.83. The number of ether oxygens (including phenoxy) is 1. The van der Waals surface area contributed by atoms with Crippen LogP contribution in [0.15, 0.2) is 27.8 Å². The summed E-state index contributed by atoms with van der Waals surface area (Å²) in [6, 6.07) is 4.12. The third kappa shape index (κ3) is 7.19. The molecule has 0 radical (unpaired) electrons. The molecule has 1 unspecified atom stereocenters. The molecule has 0 aliphatic carbocycles. The number of rotatable bonds is 9. The van der Waals surface area contributed by atoms with Crippen molar-refractivity contribution in [2.24, 2.45) is 4.99 Å². The van der Waals surface area contributed by atoms with E-state index >= 15 is 0 Å². The molecule has 0 aliphatic heterocycles. The maximum Gasteiger partial charge on any atom is 0.191 e. The van der Waals surface area contributed by atoms with E-state index in [0.29, 0.717) is 6.61 Å². The van der Waals surface area contributed by atoms with Gasteiger partial charge >= 0.3 is 0 Å². The number of hydrogen-bond donors (Lipinski definition) is 2. The maximum atomic E-state index is 5.31. The van der Waals surface area contributed by atoms with Crippen molar-refractivity contribution in [3.05, 3.63) is 24.2 Å². The quantitative estimate of drug-likeness (QED) is 0.414. The van der Waals surface area contributed by atoms with E-state index in [1.54, 1.807) is 13.4 Å². The Balaban J connectivity index is 2.38. The molecule has 0 aliphatic rings. The molecule has 1 aromatic rings. The minimum Gasteiger partial charge on any atom is -0.469 e. The van der Waals surface area contributed by atoms with E-state index in [-0.39, 0.29) is 6.04 Å². The lowest BCUT2D eigenvalue weighted by Crippen LogP contribution is -2.44. The SMILES string of the molecule is CCCCN=C(NCCc1ccco1)NC(C)COC. The van der Waals surface area contributed by atoms with Crippen LogP contribution >= 0.6 is 0 Å². The molecule has 5 heteroatoms. The predicted molar refractivity (Wildman–Crippen MR) is 82.1 cm³/mol. The first-order valence-corrected chi connectivity index (χ1v) is 7.32. The second-order valence-corrected chi connectivity index (χ2v) is 4.84. The molecule has 5 nitrogen and oxygen atoms in total. The molecule has 0 saturated carbocycles. The summed E-state index contributed by atoms with van der Waals surface area (Å²) in [6.07, 6.45) is 4.80. The van der Waals surface area contributed by atoms with E-state index in [1.165, 1.54) is 0 Å². The van der Waals surface area contributed by atoms with Crippen LogP contribution in [0.5, 0.6) is 0 Å². The lowest BCUT2D eigenvalue weighted by atomic mass is 10.3. The molecule has 0 aromatic carbocycles. The molecule has 1 heterocycles. The molecular formula is C15H27N3O2. The van der Waals surface area contributed by atoms with Gasteiger partial charge in [0.15, 0.2) is 5.96 Å². The van der Waals surface area contributed by atoms with Crippen molar-refractivity contribution < 1.29 is 9.15 Å². The van der Waals surface area contributed by atoms with Gasteiger partial charge in [-0.1, -0.05) is 13.3 Å². The smallest absolute Gasteiger partial charge is 0.191 e. The molecule has 0 spiro atoms. The monoisotopic (exact) mass is 281 g/mol. The summed E-state index contributed by atoms with van der Waals surface area (Å²) in [5, 5.41) is 6.67. The minimum absolute atomic E-state index is 0.233. The molecule has 0 bridgehead atoms. The summed E-state index contributed by atoms with van der Waals surface area (Å²) in [5.41, 5.74) is 0. The number of nitrogens with zero attached hydrogens (tertiary/aromatic N) is 1. The first kappa shape index (κ1) is 16.6. The zero-order chi connectivity index (χ0) is 14.6. The van der Waals surface area contributed by atoms with E-state index in [9.17, 15) is 0 Å². The highest BCUT2D eigenvalue weighted by Crippen LogP contribution is 1.99. The topological polar surface area (TPSA) is 58.8 Å². The van der Waals surface area contributed by atoms with Crippen LogP contribution in [-0.2, 0) is 11.2 Å². The molecule has 0 fully saturated rings. The minimum atomic E-state index is 0.233. The average Bonchev–Trinajstić information content (AvgIpc) is 2.92. The molecule has 20 heavy (non-hydrogen) atoms. The van der Waals surface area contributed by atoms with Gasteiger partial charge in [-0.2, -0.15) is 0 Å². The van der Waals surface area contributed by atoms with Gasteiger partial charge in [0, 0.05) is 32.7 Å². The van der Waals surface area contributed by atoms with Gasteiger partial charge in [-0.25, -0.2) is 0 Å². The first-order valence-electron chi connectivity index (χ1n) is 7.32. The second kappa shape index (κ2) is 10.3. The van der Waals surface area contributed by atoms with E-state index in [2.05, 4.69) is 29.5 Å². The number of methoxy groups -OCH3 is 1. The van der Waals surface area contributed by atoms with Gasteiger partial charge in [0.1, 0.15) is 5.76 Å². The van der Waals surface area contributed by atoms with E-state index in [0.717, 1.165) is 44.1 Å². The standard InChI is InChI=1S/C15H27N3O2/c1-4-5-9-16-15(18-13(2)12-19-3)17-10-8-14-7-6-11-20-14/h6-7,11,13H,4-5,8-10,12H2,1-3H3,(H2,16,17,18). The van der Waals surface area contributed by atoms with Crippen LogP contribution in [0.4, 0.5) is 0 Å². The van der Waals surface area contributed by atoms with Crippen molar-refractivity contribution in [3.63, 3.8) is 0 Å². The Morgan fingerprint density at radius 1 is 1.50 bits per heavy atom. The molecular weight excluding hydrogens is 254 g/mol. The zero-order valence-corrected chi connectivity index (χ0v) is 12.8. The molecule has 1 rings (SSSR count). The van der Waals surface area contributed by atoms with Gasteiger partial charge in [-0.05, 0) is 25.5 Å². The van der Waals surface area contributed by atoms with Crippen molar-refractivity contribution in [2.75, 3.05) is 26.8 Å². The highest BCUT2D eigenvalue weighted by molar-refractivity contribution is 5.80. The van der Waals surface area contributed by atoms with Crippen LogP contribution in [0.3, 0.4) is 0 Å². The van der Waals surface area contributed by atoms with Crippen LogP contribution in [0.1, 0.15) is 32.4 Å². The molecule has 114 valence electrons. The fraction of sp³-hybridized carbons (Fsp3) is 0.667. The lowest BCUT2D eigenvalue weighted by molar-refractivity contribution is 0.179. The Bertz CT molecular complexity index is 363. The molecule has 1 atom stereocenters. The number of hydrogen-bond acceptors (Lipinski definition) is 3. The summed E-state index contributed by atoms with van der Waals surface area (Å²) in [7, 11) is 1.70. The Kier molecular flexibility index (Phi) is 8.54. The summed E-state index contributed by atoms with van der Waals surface area (Å²) in [4.78, 5) is 4.56. The fourth-order valence-electron chi connectivity index (χ4n) is 1.79. The normalized spacial score (nSPS) is 13.2. The van der Waals surface area contributed by atoms with Crippen LogP contribution in [0.25, 0.3) is 0 Å². The number of furan rings is 1. The van der Waals surface area contributed by atoms with Gasteiger partial charge in [0.2, 0.25) is 0 Å². The predicted octanol–water partition coefficient (Wildman–Crippen LogP) is 2.19. The van der Waals surface area contributed by atoms with Crippen molar-refractivity contribution in [2.45, 2.75) is 39.2 Å². The van der Waals surface area contributed by atoms with Crippen molar-refractivity contribution >= 4 is 5.96 Å². The van der Waals surface area contributed by atoms with E-state index in [1.807, 2.05) is 12.1 Å². The molecule has 2 N–H and O–H groups in total. The van der Waals surface area contributed by atoms with E-state index < -0.39 is 0 Å². The fourth-order valence-corrected chi connectivity index (χ4v) is 1.79. The molecule has 0 saturated heterocycles. The Hall–Kier alpha value is -1.49. The number of guanidine groups is 1. The summed E-state index contributed by atoms with van der Waals surface area (Å²) in [6.45, 7) is 6.54. The number of nitrogens with one attached hydrogen (secondary N) is 2. The van der Waals surface area contributed by atoms with Crippen molar-refractivity contribution in [1.29, 1.82) is 0 Å². The van der Waals surface area contributed by atoms with Crippen LogP contribution in [0.2, 0.25) is 0 Å².